The van der Waals surface area contributed by atoms with E-state index in [1.54, 1.807) is 13.0 Å². The number of carbonyl (C=O) groups excluding carboxylic acids is 1. The van der Waals surface area contributed by atoms with Crippen LogP contribution in [0.2, 0.25) is 0 Å². The highest BCUT2D eigenvalue weighted by atomic mass is 19.1. The molecule has 0 bridgehead atoms. The van der Waals surface area contributed by atoms with Gasteiger partial charge in [0.2, 0.25) is 0 Å². The molecule has 4 rings (SSSR count). The maximum absolute atomic E-state index is 14.3. The highest BCUT2D eigenvalue weighted by Gasteiger charge is 2.20. The molecule has 0 unspecified atom stereocenters. The van der Waals surface area contributed by atoms with Crippen molar-refractivity contribution in [3.8, 4) is 11.1 Å². The van der Waals surface area contributed by atoms with Gasteiger partial charge in [0.05, 0.1) is 0 Å². The third-order valence-corrected chi connectivity index (χ3v) is 6.36. The lowest BCUT2D eigenvalue weighted by Crippen LogP contribution is -2.09. The molecular formula is C29H27FO. The molecule has 0 aliphatic heterocycles. The van der Waals surface area contributed by atoms with Crippen molar-refractivity contribution in [2.24, 2.45) is 0 Å². The van der Waals surface area contributed by atoms with E-state index in [1.165, 1.54) is 22.8 Å². The van der Waals surface area contributed by atoms with Gasteiger partial charge in [0.25, 0.3) is 0 Å². The van der Waals surface area contributed by atoms with Crippen molar-refractivity contribution in [2.45, 2.75) is 41.5 Å². The molecule has 0 radical (unpaired) electrons. The van der Waals surface area contributed by atoms with E-state index in [9.17, 15) is 9.18 Å². The Morgan fingerprint density at radius 3 is 2.00 bits per heavy atom. The van der Waals surface area contributed by atoms with Crippen LogP contribution < -0.4 is 0 Å². The smallest absolute Gasteiger partial charge is 0.193 e. The van der Waals surface area contributed by atoms with Crippen LogP contribution in [-0.4, -0.2) is 5.78 Å². The zero-order valence-corrected chi connectivity index (χ0v) is 19.0. The summed E-state index contributed by atoms with van der Waals surface area (Å²) in [6.45, 7) is 11.7. The lowest BCUT2D eigenvalue weighted by molar-refractivity contribution is 0.103. The number of benzene rings is 4. The fourth-order valence-electron chi connectivity index (χ4n) is 4.52. The van der Waals surface area contributed by atoms with Gasteiger partial charge in [0.15, 0.2) is 5.78 Å². The second-order valence-electron chi connectivity index (χ2n) is 8.68. The average Bonchev–Trinajstić information content (AvgIpc) is 2.71. The number of rotatable bonds is 3. The first kappa shape index (κ1) is 21.0. The van der Waals surface area contributed by atoms with E-state index >= 15 is 0 Å². The summed E-state index contributed by atoms with van der Waals surface area (Å²) in [5, 5.41) is 2.21. The van der Waals surface area contributed by atoms with Crippen LogP contribution in [0.4, 0.5) is 4.39 Å². The van der Waals surface area contributed by atoms with Crippen LogP contribution in [0.15, 0.2) is 54.6 Å². The molecule has 156 valence electrons. The molecule has 0 aliphatic carbocycles. The maximum atomic E-state index is 14.3. The summed E-state index contributed by atoms with van der Waals surface area (Å²) in [5.74, 6) is -0.459. The molecular weight excluding hydrogens is 383 g/mol. The first-order valence-corrected chi connectivity index (χ1v) is 10.6. The highest BCUT2D eigenvalue weighted by Crippen LogP contribution is 2.34. The summed E-state index contributed by atoms with van der Waals surface area (Å²) in [6.07, 6.45) is 0. The van der Waals surface area contributed by atoms with Crippen molar-refractivity contribution < 1.29 is 9.18 Å². The van der Waals surface area contributed by atoms with Gasteiger partial charge in [0.1, 0.15) is 5.82 Å². The van der Waals surface area contributed by atoms with Gasteiger partial charge in [-0.2, -0.15) is 0 Å². The standard InChI is InChI=1S/C29H27FO/c1-16-7-9-22(10-8-16)23-12-18(3)27-21(6)28(19(4)13-24(27)14-23)29(31)25-11-17(2)20(5)26(30)15-25/h7-15H,1-6H3. The molecule has 0 saturated heterocycles. The minimum Gasteiger partial charge on any atom is -0.289 e. The van der Waals surface area contributed by atoms with Crippen LogP contribution in [-0.2, 0) is 0 Å². The SMILES string of the molecule is Cc1ccc(-c2cc(C)c3c(C)c(C(=O)c4cc(C)c(C)c(F)c4)c(C)cc3c2)cc1. The van der Waals surface area contributed by atoms with Crippen LogP contribution in [0.5, 0.6) is 0 Å². The minimum atomic E-state index is -0.335. The van der Waals surface area contributed by atoms with Gasteiger partial charge < -0.3 is 0 Å². The Kier molecular flexibility index (Phi) is 5.26. The van der Waals surface area contributed by atoms with Crippen LogP contribution in [0.1, 0.15) is 49.3 Å². The Labute approximate surface area is 183 Å². The fourth-order valence-corrected chi connectivity index (χ4v) is 4.52. The predicted molar refractivity (Wildman–Crippen MR) is 128 cm³/mol. The monoisotopic (exact) mass is 410 g/mol. The fraction of sp³-hybridized carbons (Fsp3) is 0.207. The maximum Gasteiger partial charge on any atom is 0.193 e. The van der Waals surface area contributed by atoms with Crippen molar-refractivity contribution in [3.05, 3.63) is 105 Å². The molecule has 4 aromatic rings. The molecule has 0 amide bonds. The Morgan fingerprint density at radius 2 is 1.35 bits per heavy atom. The second-order valence-corrected chi connectivity index (χ2v) is 8.68. The van der Waals surface area contributed by atoms with Crippen molar-refractivity contribution in [2.75, 3.05) is 0 Å². The Balaban J connectivity index is 1.89. The van der Waals surface area contributed by atoms with Crippen LogP contribution >= 0.6 is 0 Å². The summed E-state index contributed by atoms with van der Waals surface area (Å²) in [6, 6.07) is 18.1. The van der Waals surface area contributed by atoms with Crippen molar-refractivity contribution in [1.82, 2.24) is 0 Å². The number of halogens is 1. The number of aryl methyl sites for hydroxylation is 5. The lowest BCUT2D eigenvalue weighted by Gasteiger charge is -2.16. The number of hydrogen-bond acceptors (Lipinski definition) is 1. The highest BCUT2D eigenvalue weighted by molar-refractivity contribution is 6.14. The van der Waals surface area contributed by atoms with Gasteiger partial charge in [-0.25, -0.2) is 4.39 Å². The third kappa shape index (κ3) is 3.67. The van der Waals surface area contributed by atoms with Gasteiger partial charge in [-0.15, -0.1) is 0 Å². The van der Waals surface area contributed by atoms with E-state index < -0.39 is 0 Å². The van der Waals surface area contributed by atoms with Gasteiger partial charge in [-0.3, -0.25) is 4.79 Å². The van der Waals surface area contributed by atoms with Crippen molar-refractivity contribution in [1.29, 1.82) is 0 Å². The van der Waals surface area contributed by atoms with Gasteiger partial charge in [-0.05, 0) is 109 Å². The van der Waals surface area contributed by atoms with Crippen LogP contribution in [0.25, 0.3) is 21.9 Å². The lowest BCUT2D eigenvalue weighted by atomic mass is 9.87. The summed E-state index contributed by atoms with van der Waals surface area (Å²) < 4.78 is 14.3. The number of fused-ring (bicyclic) bond motifs is 1. The second kappa shape index (κ2) is 7.77. The molecule has 0 heterocycles. The van der Waals surface area contributed by atoms with E-state index in [0.717, 1.165) is 33.0 Å². The molecule has 4 aromatic carbocycles. The zero-order valence-electron chi connectivity index (χ0n) is 19.0. The zero-order chi connectivity index (χ0) is 22.4. The quantitative estimate of drug-likeness (QED) is 0.316. The summed E-state index contributed by atoms with van der Waals surface area (Å²) in [4.78, 5) is 13.4. The predicted octanol–water partition coefficient (Wildman–Crippen LogP) is 7.73. The van der Waals surface area contributed by atoms with Crippen LogP contribution in [0, 0.1) is 47.4 Å². The van der Waals surface area contributed by atoms with Gasteiger partial charge >= 0.3 is 0 Å². The van der Waals surface area contributed by atoms with E-state index in [-0.39, 0.29) is 11.6 Å². The molecule has 31 heavy (non-hydrogen) atoms. The molecule has 0 N–H and O–H groups in total. The topological polar surface area (TPSA) is 17.1 Å². The van der Waals surface area contributed by atoms with E-state index in [4.69, 9.17) is 0 Å². The first-order valence-electron chi connectivity index (χ1n) is 10.6. The van der Waals surface area contributed by atoms with Crippen LogP contribution in [0.3, 0.4) is 0 Å². The molecule has 0 atom stereocenters. The van der Waals surface area contributed by atoms with Gasteiger partial charge in [0, 0.05) is 11.1 Å². The number of carbonyl (C=O) groups is 1. The minimum absolute atomic E-state index is 0.124. The largest absolute Gasteiger partial charge is 0.289 e. The normalized spacial score (nSPS) is 11.2. The third-order valence-electron chi connectivity index (χ3n) is 6.36. The first-order chi connectivity index (χ1) is 14.7. The Hall–Kier alpha value is -3.26. The summed E-state index contributed by atoms with van der Waals surface area (Å²) in [5.41, 5.74) is 9.02. The van der Waals surface area contributed by atoms with E-state index in [1.807, 2.05) is 20.8 Å². The molecule has 0 aliphatic rings. The van der Waals surface area contributed by atoms with Crippen molar-refractivity contribution >= 4 is 16.6 Å². The Morgan fingerprint density at radius 1 is 0.677 bits per heavy atom. The Bertz CT molecular complexity index is 1320. The van der Waals surface area contributed by atoms with E-state index in [2.05, 4.69) is 56.3 Å². The molecule has 2 heteroatoms. The van der Waals surface area contributed by atoms with Gasteiger partial charge in [-0.1, -0.05) is 42.0 Å². The number of ketones is 1. The molecule has 0 saturated carbocycles. The average molecular weight is 411 g/mol. The molecule has 0 aromatic heterocycles. The molecule has 1 nitrogen and oxygen atoms in total. The summed E-state index contributed by atoms with van der Waals surface area (Å²) in [7, 11) is 0. The molecule has 0 spiro atoms. The number of hydrogen-bond donors (Lipinski definition) is 0. The summed E-state index contributed by atoms with van der Waals surface area (Å²) >= 11 is 0. The van der Waals surface area contributed by atoms with E-state index in [0.29, 0.717) is 16.7 Å². The molecule has 0 fully saturated rings. The van der Waals surface area contributed by atoms with Crippen molar-refractivity contribution in [3.63, 3.8) is 0 Å².